The minimum absolute atomic E-state index is 0.0346. The van der Waals surface area contributed by atoms with Crippen molar-refractivity contribution in [3.63, 3.8) is 0 Å². The topological polar surface area (TPSA) is 189 Å². The molecule has 0 aromatic heterocycles. The first-order valence-electron chi connectivity index (χ1n) is 10.5. The molecule has 0 spiro atoms. The van der Waals surface area contributed by atoms with Crippen LogP contribution in [0.4, 0.5) is 4.79 Å². The lowest BCUT2D eigenvalue weighted by molar-refractivity contribution is -0.168. The van der Waals surface area contributed by atoms with Crippen LogP contribution in [0.25, 0.3) is 0 Å². The monoisotopic (exact) mass is 533 g/mol. The van der Waals surface area contributed by atoms with Gasteiger partial charge < -0.3 is 19.5 Å². The third-order valence-electron chi connectivity index (χ3n) is 4.40. The largest absolute Gasteiger partial charge is 0.466 e. The van der Waals surface area contributed by atoms with E-state index in [9.17, 15) is 31.2 Å². The standard InChI is InChI=1S/C19H35NO12S2/c1-7-29-17(22)15(11-20-18(23)32-14(4)31-16(21)13(2)3)19(5,6)12-30-34(27,28)10-8-9-33(24,25)26/h13-15H,7-12H2,1-6H3,(H,20,23)(H,24,25,26). The average Bonchev–Trinajstić information content (AvgIpc) is 2.65. The normalized spacial score (nSPS) is 14.2. The summed E-state index contributed by atoms with van der Waals surface area (Å²) in [6.45, 7) is 8.41. The third kappa shape index (κ3) is 13.7. The van der Waals surface area contributed by atoms with Crippen LogP contribution in [0.1, 0.15) is 48.0 Å². The third-order valence-corrected chi connectivity index (χ3v) is 6.47. The highest BCUT2D eigenvalue weighted by molar-refractivity contribution is 7.87. The highest BCUT2D eigenvalue weighted by Gasteiger charge is 2.38. The zero-order valence-electron chi connectivity index (χ0n) is 20.2. The van der Waals surface area contributed by atoms with Gasteiger partial charge in [-0.05, 0) is 13.3 Å². The van der Waals surface area contributed by atoms with Gasteiger partial charge in [-0.2, -0.15) is 16.8 Å². The zero-order valence-corrected chi connectivity index (χ0v) is 21.9. The number of hydrogen-bond donors (Lipinski definition) is 2. The van der Waals surface area contributed by atoms with E-state index in [1.807, 2.05) is 0 Å². The molecule has 0 aliphatic rings. The van der Waals surface area contributed by atoms with Crippen molar-refractivity contribution in [2.75, 3.05) is 31.3 Å². The van der Waals surface area contributed by atoms with Crippen LogP contribution in [0, 0.1) is 17.3 Å². The van der Waals surface area contributed by atoms with E-state index in [0.717, 1.165) is 0 Å². The first-order valence-corrected chi connectivity index (χ1v) is 13.7. The van der Waals surface area contributed by atoms with Crippen molar-refractivity contribution in [3.8, 4) is 0 Å². The molecule has 0 rings (SSSR count). The number of alkyl carbamates (subject to hydrolysis) is 1. The maximum absolute atomic E-state index is 12.5. The number of ether oxygens (including phenoxy) is 3. The molecule has 2 unspecified atom stereocenters. The fourth-order valence-corrected chi connectivity index (χ4v) is 4.23. The van der Waals surface area contributed by atoms with E-state index >= 15 is 0 Å². The second kappa shape index (κ2) is 13.8. The summed E-state index contributed by atoms with van der Waals surface area (Å²) in [6, 6.07) is 0. The fraction of sp³-hybridized carbons (Fsp3) is 0.842. The first-order chi connectivity index (χ1) is 15.4. The first kappa shape index (κ1) is 32.0. The number of carbonyl (C=O) groups excluding carboxylic acids is 3. The molecule has 200 valence electrons. The minimum Gasteiger partial charge on any atom is -0.466 e. The molecule has 0 aromatic rings. The van der Waals surface area contributed by atoms with Crippen LogP contribution in [-0.4, -0.2) is 77.0 Å². The quantitative estimate of drug-likeness (QED) is 0.132. The van der Waals surface area contributed by atoms with E-state index in [-0.39, 0.29) is 19.6 Å². The number of nitrogens with one attached hydrogen (secondary N) is 1. The summed E-state index contributed by atoms with van der Waals surface area (Å²) in [5.74, 6) is -4.18. The highest BCUT2D eigenvalue weighted by atomic mass is 32.2. The van der Waals surface area contributed by atoms with Gasteiger partial charge in [-0.15, -0.1) is 0 Å². The van der Waals surface area contributed by atoms with Crippen LogP contribution in [-0.2, 0) is 48.2 Å². The van der Waals surface area contributed by atoms with Crippen LogP contribution in [0.15, 0.2) is 0 Å². The Balaban J connectivity index is 5.09. The molecule has 15 heteroatoms. The van der Waals surface area contributed by atoms with E-state index < -0.39 is 79.9 Å². The molecule has 0 bridgehead atoms. The van der Waals surface area contributed by atoms with Crippen molar-refractivity contribution >= 4 is 38.3 Å². The minimum atomic E-state index is -4.32. The molecule has 0 radical (unpaired) electrons. The molecule has 34 heavy (non-hydrogen) atoms. The molecular formula is C19H35NO12S2. The van der Waals surface area contributed by atoms with Crippen molar-refractivity contribution in [3.05, 3.63) is 0 Å². The van der Waals surface area contributed by atoms with Crippen molar-refractivity contribution < 1.29 is 54.2 Å². The predicted molar refractivity (Wildman–Crippen MR) is 120 cm³/mol. The summed E-state index contributed by atoms with van der Waals surface area (Å²) >= 11 is 0. The lowest BCUT2D eigenvalue weighted by atomic mass is 9.79. The number of esters is 2. The van der Waals surface area contributed by atoms with E-state index in [4.69, 9.17) is 22.9 Å². The lowest BCUT2D eigenvalue weighted by Gasteiger charge is -2.32. The van der Waals surface area contributed by atoms with Gasteiger partial charge in [0.1, 0.15) is 0 Å². The van der Waals surface area contributed by atoms with Gasteiger partial charge in [0.15, 0.2) is 0 Å². The van der Waals surface area contributed by atoms with Crippen molar-refractivity contribution in [1.82, 2.24) is 5.32 Å². The Kier molecular flexibility index (Phi) is 13.0. The number of carbonyl (C=O) groups is 3. The fourth-order valence-electron chi connectivity index (χ4n) is 2.44. The van der Waals surface area contributed by atoms with Crippen LogP contribution < -0.4 is 5.32 Å². The molecule has 0 fully saturated rings. The second-order valence-electron chi connectivity index (χ2n) is 8.40. The Morgan fingerprint density at radius 1 is 0.971 bits per heavy atom. The smallest absolute Gasteiger partial charge is 0.410 e. The van der Waals surface area contributed by atoms with E-state index in [2.05, 4.69) is 5.32 Å². The molecule has 0 saturated heterocycles. The summed E-state index contributed by atoms with van der Waals surface area (Å²) < 4.78 is 74.1. The van der Waals surface area contributed by atoms with Gasteiger partial charge in [0.25, 0.3) is 20.2 Å². The number of amides is 1. The van der Waals surface area contributed by atoms with Crippen molar-refractivity contribution in [1.29, 1.82) is 0 Å². The van der Waals surface area contributed by atoms with E-state index in [1.165, 1.54) is 20.8 Å². The van der Waals surface area contributed by atoms with Gasteiger partial charge in [0.2, 0.25) is 6.29 Å². The van der Waals surface area contributed by atoms with Gasteiger partial charge in [-0.25, -0.2) is 4.79 Å². The molecule has 2 N–H and O–H groups in total. The van der Waals surface area contributed by atoms with Crippen LogP contribution in [0.2, 0.25) is 0 Å². The summed E-state index contributed by atoms with van der Waals surface area (Å²) in [5, 5.41) is 2.36. The summed E-state index contributed by atoms with van der Waals surface area (Å²) in [7, 11) is -8.48. The molecule has 0 aliphatic heterocycles. The Morgan fingerprint density at radius 3 is 2.06 bits per heavy atom. The SMILES string of the molecule is CCOC(=O)C(CNC(=O)OC(C)OC(=O)C(C)C)C(C)(C)COS(=O)(=O)CCCS(=O)(=O)O. The van der Waals surface area contributed by atoms with E-state index in [1.54, 1.807) is 20.8 Å². The van der Waals surface area contributed by atoms with Crippen LogP contribution in [0.5, 0.6) is 0 Å². The number of hydrogen-bond acceptors (Lipinski definition) is 11. The van der Waals surface area contributed by atoms with Crippen molar-refractivity contribution in [2.24, 2.45) is 17.3 Å². The summed E-state index contributed by atoms with van der Waals surface area (Å²) in [4.78, 5) is 36.1. The zero-order chi connectivity index (χ0) is 26.7. The summed E-state index contributed by atoms with van der Waals surface area (Å²) in [6.07, 6.45) is -2.54. The van der Waals surface area contributed by atoms with Crippen LogP contribution >= 0.6 is 0 Å². The molecule has 0 saturated carbocycles. The molecular weight excluding hydrogens is 498 g/mol. The average molecular weight is 534 g/mol. The summed E-state index contributed by atoms with van der Waals surface area (Å²) in [5.41, 5.74) is -1.16. The molecule has 0 aliphatic carbocycles. The van der Waals surface area contributed by atoms with Crippen LogP contribution in [0.3, 0.4) is 0 Å². The predicted octanol–water partition coefficient (Wildman–Crippen LogP) is 1.09. The molecule has 2 atom stereocenters. The molecule has 0 aromatic carbocycles. The maximum Gasteiger partial charge on any atom is 0.410 e. The second-order valence-corrected chi connectivity index (χ2v) is 11.7. The number of rotatable bonds is 15. The van der Waals surface area contributed by atoms with Crippen molar-refractivity contribution in [2.45, 2.75) is 54.3 Å². The highest BCUT2D eigenvalue weighted by Crippen LogP contribution is 2.29. The molecule has 13 nitrogen and oxygen atoms in total. The lowest BCUT2D eigenvalue weighted by Crippen LogP contribution is -2.45. The van der Waals surface area contributed by atoms with Gasteiger partial charge in [-0.3, -0.25) is 18.3 Å². The molecule has 0 heterocycles. The van der Waals surface area contributed by atoms with Gasteiger partial charge in [0.05, 0.1) is 36.6 Å². The Labute approximate surface area is 200 Å². The maximum atomic E-state index is 12.5. The Hall–Kier alpha value is -1.97. The van der Waals surface area contributed by atoms with Gasteiger partial charge in [0, 0.05) is 18.9 Å². The van der Waals surface area contributed by atoms with Gasteiger partial charge >= 0.3 is 18.0 Å². The Bertz CT molecular complexity index is 896. The van der Waals surface area contributed by atoms with E-state index in [0.29, 0.717) is 0 Å². The Morgan fingerprint density at radius 2 is 1.56 bits per heavy atom. The molecule has 1 amide bonds. The van der Waals surface area contributed by atoms with Gasteiger partial charge in [-0.1, -0.05) is 27.7 Å².